The second-order valence-corrected chi connectivity index (χ2v) is 15.9. The van der Waals surface area contributed by atoms with Crippen LogP contribution in [-0.4, -0.2) is 41.7 Å². The molecule has 4 aromatic heterocycles. The maximum absolute atomic E-state index is 9.34. The molecule has 0 aliphatic heterocycles. The number of rotatable bonds is 14. The van der Waals surface area contributed by atoms with Crippen LogP contribution in [-0.2, 0) is 50.0 Å². The van der Waals surface area contributed by atoms with Gasteiger partial charge in [-0.25, -0.2) is 5.26 Å². The third-order valence-corrected chi connectivity index (χ3v) is 11.2. The summed E-state index contributed by atoms with van der Waals surface area (Å²) in [7, 11) is 0. The molecule has 0 amide bonds. The van der Waals surface area contributed by atoms with Crippen molar-refractivity contribution in [2.24, 2.45) is 0 Å². The first kappa shape index (κ1) is 49.2. The molecule has 0 aliphatic rings. The van der Waals surface area contributed by atoms with Crippen LogP contribution in [0.2, 0.25) is 0 Å². The summed E-state index contributed by atoms with van der Waals surface area (Å²) < 4.78 is 14.9. The highest BCUT2D eigenvalue weighted by Crippen LogP contribution is 2.33. The van der Waals surface area contributed by atoms with Crippen molar-refractivity contribution in [3.63, 3.8) is 0 Å². The van der Waals surface area contributed by atoms with Crippen LogP contribution in [0.3, 0.4) is 0 Å². The molecule has 4 heterocycles. The van der Waals surface area contributed by atoms with E-state index in [1.165, 1.54) is 43.6 Å². The van der Waals surface area contributed by atoms with Gasteiger partial charge in [-0.1, -0.05) is 125 Å². The molecular formula is C53H37BrN6O13. The molecule has 12 rings (SSSR count). The van der Waals surface area contributed by atoms with Crippen molar-refractivity contribution in [3.05, 3.63) is 211 Å². The zero-order valence-corrected chi connectivity index (χ0v) is 39.3. The van der Waals surface area contributed by atoms with Crippen molar-refractivity contribution in [2.45, 2.75) is 0 Å². The monoisotopic (exact) mass is 1040 g/mol. The van der Waals surface area contributed by atoms with Crippen molar-refractivity contribution in [2.75, 3.05) is 0 Å². The number of nitrogens with one attached hydrogen (secondary N) is 1. The van der Waals surface area contributed by atoms with Crippen LogP contribution in [0.4, 0.5) is 0 Å². The minimum Gasteiger partial charge on any atom is -0.416 e. The number of hydrogen-bond donors (Lipinski definition) is 2. The van der Waals surface area contributed by atoms with Gasteiger partial charge in [0.15, 0.2) is 0 Å². The van der Waals surface area contributed by atoms with Crippen molar-refractivity contribution in [1.82, 2.24) is 29.9 Å². The summed E-state index contributed by atoms with van der Waals surface area (Å²) in [5.41, 5.74) is 9.55. The Morgan fingerprint density at radius 1 is 0.425 bits per heavy atom. The molecular weight excluding hydrogens is 1010 g/mol. The Labute approximate surface area is 420 Å². The van der Waals surface area contributed by atoms with Crippen LogP contribution in [0.15, 0.2) is 220 Å². The highest BCUT2D eigenvalue weighted by molar-refractivity contribution is 9.10. The van der Waals surface area contributed by atoms with Crippen LogP contribution in [0, 0.1) is 0 Å². The summed E-state index contributed by atoms with van der Waals surface area (Å²) in [5.74, 6) is 2.11. The molecule has 8 aromatic carbocycles. The number of benzene rings is 8. The Morgan fingerprint density at radius 3 is 1.25 bits per heavy atom. The lowest BCUT2D eigenvalue weighted by atomic mass is 10.2. The van der Waals surface area contributed by atoms with Crippen molar-refractivity contribution in [1.29, 1.82) is 0 Å². The summed E-state index contributed by atoms with van der Waals surface area (Å²) in [6, 6.07) is 69.3. The minimum absolute atomic E-state index is 0.108. The van der Waals surface area contributed by atoms with Gasteiger partial charge in [0.1, 0.15) is 0 Å². The molecule has 0 saturated heterocycles. The number of aromatic amines is 1. The van der Waals surface area contributed by atoms with Gasteiger partial charge >= 0.3 is 6.47 Å². The summed E-state index contributed by atoms with van der Waals surface area (Å²) in [6.45, 7) is -0.108. The average Bonchev–Trinajstić information content (AvgIpc) is 4.29. The SMILES string of the molecule is Brc1ccc(-c2nnc(-c3ccccc3)o2)cc1.O=COOOOOOOOOO.c1ccc(-c2nnc(-c3ccc(-n4c5ccccc5c5ccccc54)cc3)o2)cc1.c1ccc2c(c1)[nH]c1ccccc12. The minimum atomic E-state index is -0.108. The van der Waals surface area contributed by atoms with Crippen molar-refractivity contribution in [3.8, 4) is 51.5 Å². The fourth-order valence-corrected chi connectivity index (χ4v) is 7.79. The molecule has 0 atom stereocenters. The van der Waals surface area contributed by atoms with E-state index < -0.39 is 0 Å². The number of fused-ring (bicyclic) bond motifs is 6. The van der Waals surface area contributed by atoms with E-state index in [0.29, 0.717) is 23.6 Å². The van der Waals surface area contributed by atoms with E-state index in [-0.39, 0.29) is 6.47 Å². The second-order valence-electron chi connectivity index (χ2n) is 14.9. The molecule has 19 nitrogen and oxygen atoms in total. The topological polar surface area (TPSA) is 219 Å². The van der Waals surface area contributed by atoms with E-state index in [9.17, 15) is 4.79 Å². The van der Waals surface area contributed by atoms with Crippen LogP contribution >= 0.6 is 15.9 Å². The number of carbonyl (C=O) groups is 1. The molecule has 0 fully saturated rings. The molecule has 0 unspecified atom stereocenters. The van der Waals surface area contributed by atoms with E-state index in [1.807, 2.05) is 97.1 Å². The molecule has 0 spiro atoms. The van der Waals surface area contributed by atoms with Gasteiger partial charge in [0.2, 0.25) is 23.6 Å². The summed E-state index contributed by atoms with van der Waals surface area (Å²) >= 11 is 3.39. The average molecular weight is 1050 g/mol. The van der Waals surface area contributed by atoms with Gasteiger partial charge in [0.25, 0.3) is 0 Å². The normalized spacial score (nSPS) is 10.8. The number of halogens is 1. The van der Waals surface area contributed by atoms with Gasteiger partial charge in [-0.3, -0.25) is 9.68 Å². The lowest BCUT2D eigenvalue weighted by molar-refractivity contribution is -0.841. The van der Waals surface area contributed by atoms with E-state index >= 15 is 0 Å². The number of aromatic nitrogens is 6. The maximum atomic E-state index is 9.34. The van der Waals surface area contributed by atoms with E-state index in [2.05, 4.69) is 200 Å². The van der Waals surface area contributed by atoms with Crippen LogP contribution in [0.5, 0.6) is 0 Å². The fraction of sp³-hybridized carbons (Fsp3) is 0. The smallest absolute Gasteiger partial charge is 0.334 e. The fourth-order valence-electron chi connectivity index (χ4n) is 7.52. The van der Waals surface area contributed by atoms with Gasteiger partial charge in [-0.15, -0.1) is 20.4 Å². The molecule has 20 heteroatoms. The highest BCUT2D eigenvalue weighted by Gasteiger charge is 2.14. The first-order valence-electron chi connectivity index (χ1n) is 21.7. The van der Waals surface area contributed by atoms with Gasteiger partial charge in [0, 0.05) is 85.1 Å². The molecule has 0 bridgehead atoms. The van der Waals surface area contributed by atoms with Crippen molar-refractivity contribution < 1.29 is 64.1 Å². The Bertz CT molecular complexity index is 3530. The Hall–Kier alpha value is -8.77. The molecule has 0 aliphatic carbocycles. The van der Waals surface area contributed by atoms with Gasteiger partial charge < -0.3 is 18.4 Å². The molecule has 364 valence electrons. The van der Waals surface area contributed by atoms with Gasteiger partial charge in [0.05, 0.1) is 11.0 Å². The van der Waals surface area contributed by atoms with Gasteiger partial charge in [-0.2, -0.15) is 0 Å². The number of hydrogen-bond acceptors (Lipinski definition) is 17. The van der Waals surface area contributed by atoms with Crippen LogP contribution < -0.4 is 0 Å². The molecule has 12 aromatic rings. The maximum Gasteiger partial charge on any atom is 0.334 e. The number of para-hydroxylation sites is 4. The van der Waals surface area contributed by atoms with Crippen LogP contribution in [0.1, 0.15) is 0 Å². The zero-order valence-electron chi connectivity index (χ0n) is 37.7. The Morgan fingerprint density at radius 2 is 0.795 bits per heavy atom. The largest absolute Gasteiger partial charge is 0.416 e. The molecule has 0 saturated carbocycles. The lowest BCUT2D eigenvalue weighted by Crippen LogP contribution is -2.01. The summed E-state index contributed by atoms with van der Waals surface area (Å²) in [5, 5.41) is 55.5. The van der Waals surface area contributed by atoms with E-state index in [0.717, 1.165) is 32.4 Å². The molecule has 0 radical (unpaired) electrons. The van der Waals surface area contributed by atoms with Gasteiger partial charge in [-0.05, 0) is 117 Å². The number of H-pyrrole nitrogens is 1. The Balaban J connectivity index is 0.000000130. The predicted octanol–water partition coefficient (Wildman–Crippen LogP) is 13.1. The zero-order chi connectivity index (χ0) is 50.0. The second kappa shape index (κ2) is 24.9. The van der Waals surface area contributed by atoms with Crippen LogP contribution in [0.25, 0.3) is 95.1 Å². The van der Waals surface area contributed by atoms with E-state index in [1.54, 1.807) is 0 Å². The number of carbonyl (C=O) groups excluding carboxylic acids is 1. The third-order valence-electron chi connectivity index (χ3n) is 10.6. The molecule has 73 heavy (non-hydrogen) atoms. The standard InChI is InChI=1S/C26H17N3O.C14H9BrN2O.C12H9N.CH2O11/c1-2-8-18(9-3-1)25-27-28-26(30-25)19-14-16-20(17-15-19)29-23-12-6-4-10-21(23)22-11-5-7-13-24(22)29;15-12-8-6-11(7-9-12)14-17-16-13(18-14)10-4-2-1-3-5-10;1-3-7-11-9(5-1)10-6-2-4-8-12(10)13-11;2-1-4-6-8-10-12-11-9-7-5-3/h1-17H;1-9H;1-8,13H;1,3H. The summed E-state index contributed by atoms with van der Waals surface area (Å²) in [6.07, 6.45) is 0. The first-order chi connectivity index (χ1) is 36.1. The van der Waals surface area contributed by atoms with E-state index in [4.69, 9.17) is 14.1 Å². The van der Waals surface area contributed by atoms with Crippen molar-refractivity contribution >= 4 is 66.0 Å². The summed E-state index contributed by atoms with van der Waals surface area (Å²) in [4.78, 5) is 16.2. The predicted molar refractivity (Wildman–Crippen MR) is 267 cm³/mol. The first-order valence-corrected chi connectivity index (χ1v) is 22.5. The highest BCUT2D eigenvalue weighted by atomic mass is 79.9. The quantitative estimate of drug-likeness (QED) is 0.0447. The third kappa shape index (κ3) is 12.4. The molecule has 2 N–H and O–H groups in total. The lowest BCUT2D eigenvalue weighted by Gasteiger charge is -2.08. The Kier molecular flexibility index (Phi) is 16.8. The number of nitrogens with zero attached hydrogens (tertiary/aromatic N) is 5.